The van der Waals surface area contributed by atoms with Crippen LogP contribution in [0, 0.1) is 0 Å². The Labute approximate surface area is 147 Å². The normalized spacial score (nSPS) is 19.8. The Morgan fingerprint density at radius 1 is 1.29 bits per heavy atom. The second kappa shape index (κ2) is 6.69. The lowest BCUT2D eigenvalue weighted by molar-refractivity contribution is 0.0945. The highest BCUT2D eigenvalue weighted by atomic mass is 32.1. The number of benzene rings is 1. The van der Waals surface area contributed by atoms with Gasteiger partial charge in [-0.25, -0.2) is 0 Å². The fourth-order valence-corrected chi connectivity index (χ4v) is 5.21. The van der Waals surface area contributed by atoms with Crippen molar-refractivity contribution in [1.82, 2.24) is 10.2 Å². The number of hydrogen-bond acceptors (Lipinski definition) is 3. The minimum absolute atomic E-state index is 0.0924. The molecule has 0 saturated carbocycles. The van der Waals surface area contributed by atoms with Crippen LogP contribution in [0.2, 0.25) is 0 Å². The van der Waals surface area contributed by atoms with Gasteiger partial charge >= 0.3 is 0 Å². The van der Waals surface area contributed by atoms with Crippen molar-refractivity contribution >= 4 is 17.2 Å². The van der Waals surface area contributed by atoms with E-state index in [4.69, 9.17) is 0 Å². The number of amides is 1. The molecule has 2 heterocycles. The first-order valence-electron chi connectivity index (χ1n) is 8.99. The molecule has 2 aliphatic rings. The summed E-state index contributed by atoms with van der Waals surface area (Å²) in [4.78, 5) is 17.2. The van der Waals surface area contributed by atoms with Crippen molar-refractivity contribution in [2.24, 2.45) is 0 Å². The second-order valence-corrected chi connectivity index (χ2v) is 7.81. The molecule has 1 amide bonds. The summed E-state index contributed by atoms with van der Waals surface area (Å²) in [6.45, 7) is 5.21. The van der Waals surface area contributed by atoms with Gasteiger partial charge in [0.1, 0.15) is 0 Å². The molecule has 1 fully saturated rings. The first-order chi connectivity index (χ1) is 11.8. The zero-order valence-electron chi connectivity index (χ0n) is 14.2. The predicted molar refractivity (Wildman–Crippen MR) is 99.8 cm³/mol. The number of hydrogen-bond donors (Lipinski definition) is 1. The third-order valence-electron chi connectivity index (χ3n) is 5.36. The summed E-state index contributed by atoms with van der Waals surface area (Å²) in [5.74, 6) is 0.0924. The van der Waals surface area contributed by atoms with Crippen molar-refractivity contribution < 1.29 is 4.79 Å². The summed E-state index contributed by atoms with van der Waals surface area (Å²) in [7, 11) is 0. The van der Waals surface area contributed by atoms with Crippen LogP contribution in [0.1, 0.15) is 40.6 Å². The van der Waals surface area contributed by atoms with Gasteiger partial charge in [0.05, 0.1) is 4.88 Å². The lowest BCUT2D eigenvalue weighted by Crippen LogP contribution is -2.39. The van der Waals surface area contributed by atoms with Crippen LogP contribution in [-0.2, 0) is 12.8 Å². The zero-order valence-corrected chi connectivity index (χ0v) is 15.0. The minimum atomic E-state index is 0.0924. The molecular formula is C20H24N2OS. The highest BCUT2D eigenvalue weighted by Gasteiger charge is 2.25. The van der Waals surface area contributed by atoms with Crippen molar-refractivity contribution in [3.05, 3.63) is 46.3 Å². The van der Waals surface area contributed by atoms with E-state index in [2.05, 4.69) is 47.5 Å². The van der Waals surface area contributed by atoms with Crippen LogP contribution < -0.4 is 5.32 Å². The number of nitrogens with zero attached hydrogens (tertiary/aromatic N) is 1. The Morgan fingerprint density at radius 2 is 2.12 bits per heavy atom. The van der Waals surface area contributed by atoms with E-state index >= 15 is 0 Å². The highest BCUT2D eigenvalue weighted by Crippen LogP contribution is 2.39. The minimum Gasteiger partial charge on any atom is -0.350 e. The number of carbonyl (C=O) groups excluding carboxylic acids is 1. The SMILES string of the molecule is CCN1CCCC1CNC(=O)c1cc2c(s1)-c1ccccc1CC2. The Bertz CT molecular complexity index is 752. The Balaban J connectivity index is 1.48. The molecule has 0 bridgehead atoms. The lowest BCUT2D eigenvalue weighted by Gasteiger charge is -2.22. The summed E-state index contributed by atoms with van der Waals surface area (Å²) in [5, 5.41) is 3.17. The molecule has 4 rings (SSSR count). The molecule has 2 aromatic rings. The van der Waals surface area contributed by atoms with Crippen molar-refractivity contribution in [2.75, 3.05) is 19.6 Å². The Morgan fingerprint density at radius 3 is 3.00 bits per heavy atom. The van der Waals surface area contributed by atoms with Crippen LogP contribution in [0.3, 0.4) is 0 Å². The maximum Gasteiger partial charge on any atom is 0.261 e. The van der Waals surface area contributed by atoms with Gasteiger partial charge < -0.3 is 5.32 Å². The molecule has 1 unspecified atom stereocenters. The standard InChI is InChI=1S/C20H24N2OS/c1-2-22-11-5-7-16(22)13-21-20(23)18-12-15-10-9-14-6-3-4-8-17(14)19(15)24-18/h3-4,6,8,12,16H,2,5,7,9-11,13H2,1H3,(H,21,23). The Hall–Kier alpha value is -1.65. The number of likely N-dealkylation sites (N-methyl/N-ethyl adjacent to an activating group) is 1. The van der Waals surface area contributed by atoms with E-state index in [1.807, 2.05) is 0 Å². The number of rotatable bonds is 4. The van der Waals surface area contributed by atoms with Gasteiger partial charge in [0.15, 0.2) is 0 Å². The van der Waals surface area contributed by atoms with E-state index in [1.54, 1.807) is 11.3 Å². The molecule has 24 heavy (non-hydrogen) atoms. The average molecular weight is 340 g/mol. The van der Waals surface area contributed by atoms with Gasteiger partial charge in [-0.15, -0.1) is 11.3 Å². The summed E-state index contributed by atoms with van der Waals surface area (Å²) in [6, 6.07) is 11.2. The zero-order chi connectivity index (χ0) is 16.5. The summed E-state index contributed by atoms with van der Waals surface area (Å²) in [6.07, 6.45) is 4.57. The van der Waals surface area contributed by atoms with E-state index in [1.165, 1.54) is 41.0 Å². The smallest absolute Gasteiger partial charge is 0.261 e. The molecule has 1 aliphatic carbocycles. The van der Waals surface area contributed by atoms with Crippen LogP contribution >= 0.6 is 11.3 Å². The third-order valence-corrected chi connectivity index (χ3v) is 6.57. The Kier molecular flexibility index (Phi) is 4.42. The quantitative estimate of drug-likeness (QED) is 0.920. The van der Waals surface area contributed by atoms with E-state index in [-0.39, 0.29) is 5.91 Å². The monoisotopic (exact) mass is 340 g/mol. The van der Waals surface area contributed by atoms with E-state index in [9.17, 15) is 4.79 Å². The van der Waals surface area contributed by atoms with Crippen molar-refractivity contribution in [3.8, 4) is 10.4 Å². The molecule has 3 nitrogen and oxygen atoms in total. The van der Waals surface area contributed by atoms with Crippen molar-refractivity contribution in [3.63, 3.8) is 0 Å². The van der Waals surface area contributed by atoms with Gasteiger partial charge in [0.2, 0.25) is 0 Å². The molecule has 1 aliphatic heterocycles. The predicted octanol–water partition coefficient (Wildman–Crippen LogP) is 3.73. The number of thiophene rings is 1. The number of aryl methyl sites for hydroxylation is 2. The molecule has 1 aromatic heterocycles. The van der Waals surface area contributed by atoms with Gasteiger partial charge in [0.25, 0.3) is 5.91 Å². The summed E-state index contributed by atoms with van der Waals surface area (Å²) < 4.78 is 0. The molecule has 126 valence electrons. The molecule has 1 aromatic carbocycles. The highest BCUT2D eigenvalue weighted by molar-refractivity contribution is 7.17. The van der Waals surface area contributed by atoms with Crippen molar-refractivity contribution in [1.29, 1.82) is 0 Å². The molecule has 0 spiro atoms. The fourth-order valence-electron chi connectivity index (χ4n) is 4.02. The number of nitrogens with one attached hydrogen (secondary N) is 1. The van der Waals surface area contributed by atoms with Gasteiger partial charge in [-0.05, 0) is 61.5 Å². The molecule has 4 heteroatoms. The second-order valence-electron chi connectivity index (χ2n) is 6.76. The van der Waals surface area contributed by atoms with E-state index in [0.29, 0.717) is 6.04 Å². The third kappa shape index (κ3) is 2.89. The van der Waals surface area contributed by atoms with Gasteiger partial charge in [-0.3, -0.25) is 9.69 Å². The summed E-state index contributed by atoms with van der Waals surface area (Å²) >= 11 is 1.65. The topological polar surface area (TPSA) is 32.3 Å². The van der Waals surface area contributed by atoms with Crippen LogP contribution in [0.5, 0.6) is 0 Å². The van der Waals surface area contributed by atoms with Crippen molar-refractivity contribution in [2.45, 2.75) is 38.6 Å². The first kappa shape index (κ1) is 15.9. The summed E-state index contributed by atoms with van der Waals surface area (Å²) in [5.41, 5.74) is 4.05. The largest absolute Gasteiger partial charge is 0.350 e. The maximum absolute atomic E-state index is 12.6. The van der Waals surface area contributed by atoms with Gasteiger partial charge in [-0.1, -0.05) is 31.2 Å². The van der Waals surface area contributed by atoms with Crippen LogP contribution in [0.4, 0.5) is 0 Å². The number of likely N-dealkylation sites (tertiary alicyclic amines) is 1. The lowest BCUT2D eigenvalue weighted by atomic mass is 9.91. The van der Waals surface area contributed by atoms with Gasteiger partial charge in [-0.2, -0.15) is 0 Å². The number of fused-ring (bicyclic) bond motifs is 3. The van der Waals surface area contributed by atoms with Crippen LogP contribution in [0.25, 0.3) is 10.4 Å². The van der Waals surface area contributed by atoms with Crippen LogP contribution in [-0.4, -0.2) is 36.5 Å². The molecular weight excluding hydrogens is 316 g/mol. The first-order valence-corrected chi connectivity index (χ1v) is 9.81. The molecule has 1 N–H and O–H groups in total. The maximum atomic E-state index is 12.6. The van der Waals surface area contributed by atoms with Gasteiger partial charge in [0, 0.05) is 17.5 Å². The van der Waals surface area contributed by atoms with Crippen LogP contribution in [0.15, 0.2) is 30.3 Å². The molecule has 1 saturated heterocycles. The average Bonchev–Trinajstić information content (AvgIpc) is 3.26. The van der Waals surface area contributed by atoms with E-state index in [0.717, 1.165) is 30.8 Å². The number of carbonyl (C=O) groups is 1. The van der Waals surface area contributed by atoms with E-state index < -0.39 is 0 Å². The molecule has 0 radical (unpaired) electrons. The fraction of sp³-hybridized carbons (Fsp3) is 0.450. The molecule has 1 atom stereocenters.